The largest absolute Gasteiger partial charge is 0.481 e. The zero-order chi connectivity index (χ0) is 17.7. The number of carboxylic acids is 1. The van der Waals surface area contributed by atoms with Crippen LogP contribution >= 0.6 is 23.4 Å². The molecule has 0 unspecified atom stereocenters. The Bertz CT molecular complexity index is 867. The van der Waals surface area contributed by atoms with E-state index in [0.717, 1.165) is 10.9 Å². The van der Waals surface area contributed by atoms with Crippen molar-refractivity contribution >= 4 is 51.8 Å². The molecule has 3 heterocycles. The summed E-state index contributed by atoms with van der Waals surface area (Å²) in [6.45, 7) is 1.28. The molecule has 1 aromatic carbocycles. The minimum absolute atomic E-state index is 0.0617. The number of ether oxygens (including phenoxy) is 1. The van der Waals surface area contributed by atoms with Gasteiger partial charge in [0.15, 0.2) is 17.5 Å². The van der Waals surface area contributed by atoms with E-state index in [-0.39, 0.29) is 18.9 Å². The van der Waals surface area contributed by atoms with Gasteiger partial charge in [-0.3, -0.25) is 14.6 Å². The molecule has 0 radical (unpaired) electrons. The van der Waals surface area contributed by atoms with Crippen LogP contribution in [0.1, 0.15) is 12.0 Å². The van der Waals surface area contributed by atoms with E-state index in [1.807, 2.05) is 4.90 Å². The lowest BCUT2D eigenvalue weighted by atomic mass is 10.1. The lowest BCUT2D eigenvalue weighted by Gasteiger charge is -2.29. The number of benzene rings is 1. The van der Waals surface area contributed by atoms with Gasteiger partial charge in [-0.05, 0) is 12.1 Å². The van der Waals surface area contributed by atoms with Crippen molar-refractivity contribution in [1.82, 2.24) is 4.90 Å². The average Bonchev–Trinajstić information content (AvgIpc) is 3.10. The van der Waals surface area contributed by atoms with Crippen LogP contribution in [0, 0.1) is 0 Å². The summed E-state index contributed by atoms with van der Waals surface area (Å²) >= 11 is 7.65. The number of likely N-dealkylation sites (N-methyl/N-ethyl adjacent to an activating group) is 1. The molecule has 3 aliphatic rings. The first-order valence-electron chi connectivity index (χ1n) is 7.63. The van der Waals surface area contributed by atoms with Gasteiger partial charge < -0.3 is 19.6 Å². The Kier molecular flexibility index (Phi) is 3.88. The summed E-state index contributed by atoms with van der Waals surface area (Å²) in [5.41, 5.74) is 2.03. The Morgan fingerprint density at radius 3 is 3.04 bits per heavy atom. The number of carbonyl (C=O) groups is 2. The minimum atomic E-state index is -0.911. The van der Waals surface area contributed by atoms with Crippen molar-refractivity contribution in [3.63, 3.8) is 0 Å². The first-order valence-corrected chi connectivity index (χ1v) is 8.83. The van der Waals surface area contributed by atoms with Gasteiger partial charge in [0.05, 0.1) is 24.4 Å². The minimum Gasteiger partial charge on any atom is -0.481 e. The summed E-state index contributed by atoms with van der Waals surface area (Å²) in [4.78, 5) is 31.8. The molecule has 0 atom stereocenters. The third-order valence-electron chi connectivity index (χ3n) is 4.23. The number of anilines is 1. The Balaban J connectivity index is 1.90. The number of amidine groups is 1. The van der Waals surface area contributed by atoms with Crippen molar-refractivity contribution in [2.24, 2.45) is 4.99 Å². The maximum absolute atomic E-state index is 11.9. The van der Waals surface area contributed by atoms with Crippen LogP contribution in [0.25, 0.3) is 5.70 Å². The summed E-state index contributed by atoms with van der Waals surface area (Å²) in [5.74, 6) is -0.534. The molecule has 130 valence electrons. The summed E-state index contributed by atoms with van der Waals surface area (Å²) in [7, 11) is 1.67. The highest BCUT2D eigenvalue weighted by molar-refractivity contribution is 8.17. The second-order valence-electron chi connectivity index (χ2n) is 5.80. The van der Waals surface area contributed by atoms with E-state index in [1.165, 1.54) is 16.7 Å². The van der Waals surface area contributed by atoms with Crippen molar-refractivity contribution in [3.05, 3.63) is 27.6 Å². The summed E-state index contributed by atoms with van der Waals surface area (Å²) in [6.07, 6.45) is -0.106. The van der Waals surface area contributed by atoms with Gasteiger partial charge in [0.25, 0.3) is 5.91 Å². The van der Waals surface area contributed by atoms with Crippen LogP contribution in [0.15, 0.2) is 22.0 Å². The first kappa shape index (κ1) is 16.3. The van der Waals surface area contributed by atoms with Gasteiger partial charge in [-0.1, -0.05) is 23.4 Å². The Morgan fingerprint density at radius 2 is 2.28 bits per heavy atom. The van der Waals surface area contributed by atoms with Crippen LogP contribution in [-0.4, -0.2) is 53.8 Å². The highest BCUT2D eigenvalue weighted by Gasteiger charge is 2.37. The van der Waals surface area contributed by atoms with E-state index < -0.39 is 5.97 Å². The second kappa shape index (κ2) is 5.96. The Labute approximate surface area is 152 Å². The van der Waals surface area contributed by atoms with Crippen molar-refractivity contribution in [2.75, 3.05) is 31.6 Å². The number of fused-ring (bicyclic) bond motifs is 2. The number of aliphatic imine (C=N–C) groups is 1. The predicted octanol–water partition coefficient (Wildman–Crippen LogP) is 2.26. The van der Waals surface area contributed by atoms with Gasteiger partial charge in [0.1, 0.15) is 0 Å². The molecule has 0 aromatic heterocycles. The first-order chi connectivity index (χ1) is 12.0. The van der Waals surface area contributed by atoms with E-state index in [4.69, 9.17) is 16.3 Å². The highest BCUT2D eigenvalue weighted by Crippen LogP contribution is 2.49. The molecule has 0 aliphatic carbocycles. The smallest absolute Gasteiger partial charge is 0.308 e. The number of nitrogens with zero attached hydrogens (tertiary/aromatic N) is 3. The topological polar surface area (TPSA) is 82.4 Å². The summed E-state index contributed by atoms with van der Waals surface area (Å²) in [6, 6.07) is 3.43. The number of amides is 1. The molecular weight excluding hydrogens is 366 g/mol. The van der Waals surface area contributed by atoms with Crippen LogP contribution in [-0.2, 0) is 9.59 Å². The van der Waals surface area contributed by atoms with Gasteiger partial charge in [-0.2, -0.15) is 0 Å². The number of aliphatic carboxylic acids is 1. The van der Waals surface area contributed by atoms with Gasteiger partial charge in [0, 0.05) is 29.1 Å². The molecule has 1 aromatic rings. The molecular formula is C16H14ClN3O4S. The Hall–Kier alpha value is -2.19. The molecule has 7 nitrogen and oxygen atoms in total. The summed E-state index contributed by atoms with van der Waals surface area (Å²) < 4.78 is 5.70. The van der Waals surface area contributed by atoms with E-state index in [9.17, 15) is 14.7 Å². The fraction of sp³-hybridized carbons (Fsp3) is 0.312. The lowest BCUT2D eigenvalue weighted by molar-refractivity contribution is -0.136. The maximum Gasteiger partial charge on any atom is 0.308 e. The normalized spacial score (nSPS) is 19.0. The molecule has 0 saturated carbocycles. The van der Waals surface area contributed by atoms with E-state index in [2.05, 4.69) is 4.99 Å². The number of carbonyl (C=O) groups excluding carboxylic acids is 1. The summed E-state index contributed by atoms with van der Waals surface area (Å²) in [5, 5.41) is 10.5. The van der Waals surface area contributed by atoms with Crippen LogP contribution in [0.3, 0.4) is 0 Å². The van der Waals surface area contributed by atoms with E-state index >= 15 is 0 Å². The molecule has 0 spiro atoms. The molecule has 0 saturated heterocycles. The lowest BCUT2D eigenvalue weighted by Crippen LogP contribution is -2.36. The standard InChI is InChI=1S/C16H14ClN3O4S/c1-19-10-5-8(17)4-9(15(10)24-7-12(19)21)14-11(6-13(22)23)25-16-18-2-3-20(14)16/h4-5H,2-3,6-7H2,1H3,(H,22,23). The second-order valence-corrected chi connectivity index (χ2v) is 7.30. The number of halogens is 1. The number of hydrogen-bond acceptors (Lipinski definition) is 6. The van der Waals surface area contributed by atoms with Gasteiger partial charge in [-0.25, -0.2) is 0 Å². The average molecular weight is 380 g/mol. The molecule has 25 heavy (non-hydrogen) atoms. The highest BCUT2D eigenvalue weighted by atomic mass is 35.5. The van der Waals surface area contributed by atoms with Crippen molar-refractivity contribution < 1.29 is 19.4 Å². The zero-order valence-electron chi connectivity index (χ0n) is 13.3. The maximum atomic E-state index is 11.9. The number of carboxylic acid groups (broad SMARTS) is 1. The monoisotopic (exact) mass is 379 g/mol. The van der Waals surface area contributed by atoms with Gasteiger partial charge >= 0.3 is 5.97 Å². The molecule has 1 amide bonds. The number of thioether (sulfide) groups is 1. The van der Waals surface area contributed by atoms with Crippen LogP contribution in [0.5, 0.6) is 5.75 Å². The van der Waals surface area contributed by atoms with Gasteiger partial charge in [-0.15, -0.1) is 0 Å². The van der Waals surface area contributed by atoms with E-state index in [0.29, 0.717) is 40.0 Å². The molecule has 9 heteroatoms. The quantitative estimate of drug-likeness (QED) is 0.867. The predicted molar refractivity (Wildman–Crippen MR) is 96.1 cm³/mol. The third-order valence-corrected chi connectivity index (χ3v) is 5.56. The van der Waals surface area contributed by atoms with Crippen molar-refractivity contribution in [1.29, 1.82) is 0 Å². The zero-order valence-corrected chi connectivity index (χ0v) is 14.9. The van der Waals surface area contributed by atoms with Crippen molar-refractivity contribution in [3.8, 4) is 5.75 Å². The van der Waals surface area contributed by atoms with Crippen LogP contribution in [0.4, 0.5) is 5.69 Å². The molecule has 0 fully saturated rings. The number of rotatable bonds is 3. The SMILES string of the molecule is CN1C(=O)COc2c(C3=C(CC(=O)O)SC4=NCCN43)cc(Cl)cc21. The Morgan fingerprint density at radius 1 is 1.48 bits per heavy atom. The molecule has 3 aliphatic heterocycles. The molecule has 1 N–H and O–H groups in total. The van der Waals surface area contributed by atoms with Gasteiger partial charge in [0.2, 0.25) is 0 Å². The van der Waals surface area contributed by atoms with Crippen LogP contribution in [0.2, 0.25) is 5.02 Å². The fourth-order valence-electron chi connectivity index (χ4n) is 3.10. The fourth-order valence-corrected chi connectivity index (χ4v) is 4.50. The third kappa shape index (κ3) is 2.65. The molecule has 0 bridgehead atoms. The number of hydrogen-bond donors (Lipinski definition) is 1. The van der Waals surface area contributed by atoms with Crippen LogP contribution < -0.4 is 9.64 Å². The van der Waals surface area contributed by atoms with Crippen molar-refractivity contribution in [2.45, 2.75) is 6.42 Å². The molecule has 4 rings (SSSR count). The van der Waals surface area contributed by atoms with E-state index in [1.54, 1.807) is 19.2 Å².